The summed E-state index contributed by atoms with van der Waals surface area (Å²) in [5.74, 6) is 0.169. The summed E-state index contributed by atoms with van der Waals surface area (Å²) in [4.78, 5) is 45.3. The third kappa shape index (κ3) is 4.48. The molecule has 0 atom stereocenters. The molecular formula is C22H20O8. The Morgan fingerprint density at radius 2 is 1.13 bits per heavy atom. The third-order valence-corrected chi connectivity index (χ3v) is 4.58. The molecule has 0 aromatic heterocycles. The molecule has 0 N–H and O–H groups in total. The SMILES string of the molecule is COC(=O)c1ccc2c(c1)OCCC2=O.COC(=O)c1ccc2c(c1)OCCC2=O. The summed E-state index contributed by atoms with van der Waals surface area (Å²) < 4.78 is 19.8. The van der Waals surface area contributed by atoms with Crippen molar-refractivity contribution in [3.8, 4) is 11.5 Å². The number of fused-ring (bicyclic) bond motifs is 2. The lowest BCUT2D eigenvalue weighted by Gasteiger charge is -2.16. The van der Waals surface area contributed by atoms with Gasteiger partial charge in [0.15, 0.2) is 11.6 Å². The number of methoxy groups -OCH3 is 2. The molecule has 2 aromatic carbocycles. The number of hydrogen-bond donors (Lipinski definition) is 0. The van der Waals surface area contributed by atoms with Gasteiger partial charge in [-0.2, -0.15) is 0 Å². The number of carbonyl (C=O) groups is 4. The van der Waals surface area contributed by atoms with Crippen LogP contribution < -0.4 is 9.47 Å². The lowest BCUT2D eigenvalue weighted by molar-refractivity contribution is 0.0591. The fourth-order valence-electron chi connectivity index (χ4n) is 3.01. The van der Waals surface area contributed by atoms with Crippen molar-refractivity contribution >= 4 is 23.5 Å². The largest absolute Gasteiger partial charge is 0.492 e. The second-order valence-corrected chi connectivity index (χ2v) is 6.45. The van der Waals surface area contributed by atoms with Crippen molar-refractivity contribution < 1.29 is 38.1 Å². The summed E-state index contributed by atoms with van der Waals surface area (Å²) in [6.45, 7) is 0.743. The van der Waals surface area contributed by atoms with Crippen LogP contribution >= 0.6 is 0 Å². The van der Waals surface area contributed by atoms with Gasteiger partial charge in [-0.05, 0) is 36.4 Å². The quantitative estimate of drug-likeness (QED) is 0.694. The topological polar surface area (TPSA) is 105 Å². The fraction of sp³-hybridized carbons (Fsp3) is 0.273. The van der Waals surface area contributed by atoms with Crippen molar-refractivity contribution in [1.82, 2.24) is 0 Å². The van der Waals surface area contributed by atoms with Crippen LogP contribution in [0.15, 0.2) is 36.4 Å². The number of benzene rings is 2. The molecule has 8 nitrogen and oxygen atoms in total. The zero-order valence-electron chi connectivity index (χ0n) is 16.6. The van der Waals surface area contributed by atoms with Gasteiger partial charge in [-0.15, -0.1) is 0 Å². The average Bonchev–Trinajstić information content (AvgIpc) is 2.78. The summed E-state index contributed by atoms with van der Waals surface area (Å²) in [6.07, 6.45) is 0.787. The van der Waals surface area contributed by atoms with Crippen LogP contribution in [0.3, 0.4) is 0 Å². The van der Waals surface area contributed by atoms with Crippen LogP contribution in [-0.2, 0) is 9.47 Å². The van der Waals surface area contributed by atoms with Crippen molar-refractivity contribution in [2.45, 2.75) is 12.8 Å². The highest BCUT2D eigenvalue weighted by molar-refractivity contribution is 6.02. The maximum absolute atomic E-state index is 11.4. The minimum absolute atomic E-state index is 0.0488. The van der Waals surface area contributed by atoms with E-state index in [4.69, 9.17) is 9.47 Å². The van der Waals surface area contributed by atoms with Gasteiger partial charge in [-0.3, -0.25) is 9.59 Å². The summed E-state index contributed by atoms with van der Waals surface area (Å²) in [6, 6.07) is 9.41. The Kier molecular flexibility index (Phi) is 6.46. The Bertz CT molecular complexity index is 927. The molecule has 30 heavy (non-hydrogen) atoms. The summed E-state index contributed by atoms with van der Waals surface area (Å²) in [5, 5.41) is 0. The summed E-state index contributed by atoms with van der Waals surface area (Å²) in [7, 11) is 2.63. The zero-order valence-corrected chi connectivity index (χ0v) is 16.6. The number of ether oxygens (including phenoxy) is 4. The smallest absolute Gasteiger partial charge is 0.337 e. The molecule has 156 valence electrons. The molecule has 0 bridgehead atoms. The van der Waals surface area contributed by atoms with Gasteiger partial charge in [0, 0.05) is 12.8 Å². The van der Waals surface area contributed by atoms with Gasteiger partial charge in [0.2, 0.25) is 0 Å². The van der Waals surface area contributed by atoms with Gasteiger partial charge >= 0.3 is 11.9 Å². The van der Waals surface area contributed by atoms with Crippen LogP contribution in [0.4, 0.5) is 0 Å². The Labute approximate surface area is 172 Å². The number of rotatable bonds is 2. The highest BCUT2D eigenvalue weighted by Gasteiger charge is 2.21. The number of Topliss-reactive ketones (excluding diaryl/α,β-unsaturated/α-hetero) is 2. The van der Waals surface area contributed by atoms with Gasteiger partial charge in [0.05, 0.1) is 49.7 Å². The molecule has 0 fully saturated rings. The van der Waals surface area contributed by atoms with Gasteiger partial charge in [0.1, 0.15) is 11.5 Å². The minimum atomic E-state index is -0.431. The predicted molar refractivity (Wildman–Crippen MR) is 104 cm³/mol. The van der Waals surface area contributed by atoms with Crippen molar-refractivity contribution in [3.05, 3.63) is 58.7 Å². The molecule has 0 amide bonds. The second kappa shape index (κ2) is 9.21. The van der Waals surface area contributed by atoms with E-state index in [1.54, 1.807) is 24.3 Å². The zero-order chi connectivity index (χ0) is 21.7. The van der Waals surface area contributed by atoms with E-state index in [1.165, 1.54) is 26.4 Å². The monoisotopic (exact) mass is 412 g/mol. The number of ketones is 2. The van der Waals surface area contributed by atoms with Crippen LogP contribution in [0.1, 0.15) is 54.3 Å². The van der Waals surface area contributed by atoms with Crippen molar-refractivity contribution in [2.24, 2.45) is 0 Å². The van der Waals surface area contributed by atoms with E-state index in [1.807, 2.05) is 0 Å². The lowest BCUT2D eigenvalue weighted by Crippen LogP contribution is -2.16. The fourth-order valence-corrected chi connectivity index (χ4v) is 3.01. The average molecular weight is 412 g/mol. The first-order valence-electron chi connectivity index (χ1n) is 9.21. The Balaban J connectivity index is 0.000000171. The molecule has 0 saturated carbocycles. The van der Waals surface area contributed by atoms with E-state index >= 15 is 0 Å². The molecule has 2 aliphatic rings. The Morgan fingerprint density at radius 1 is 0.733 bits per heavy atom. The molecule has 0 unspecified atom stereocenters. The number of carbonyl (C=O) groups excluding carboxylic acids is 4. The first-order chi connectivity index (χ1) is 14.4. The molecule has 8 heteroatoms. The van der Waals surface area contributed by atoms with E-state index in [2.05, 4.69) is 9.47 Å². The summed E-state index contributed by atoms with van der Waals surface area (Å²) in [5.41, 5.74) is 1.86. The lowest BCUT2D eigenvalue weighted by atomic mass is 10.0. The highest BCUT2D eigenvalue weighted by atomic mass is 16.5. The third-order valence-electron chi connectivity index (χ3n) is 4.58. The maximum atomic E-state index is 11.4. The number of hydrogen-bond acceptors (Lipinski definition) is 8. The van der Waals surface area contributed by atoms with Crippen molar-refractivity contribution in [2.75, 3.05) is 27.4 Å². The Hall–Kier alpha value is -3.68. The van der Waals surface area contributed by atoms with Crippen LogP contribution in [0.2, 0.25) is 0 Å². The van der Waals surface area contributed by atoms with Crippen LogP contribution in [0.5, 0.6) is 11.5 Å². The number of esters is 2. The molecule has 4 rings (SSSR count). The standard InChI is InChI=1S/2C11H10O4/c2*1-14-11(13)7-2-3-8-9(12)4-5-15-10(8)6-7/h2*2-3,6H,4-5H2,1H3. The molecule has 0 spiro atoms. The molecule has 0 radical (unpaired) electrons. The molecule has 2 aromatic rings. The van der Waals surface area contributed by atoms with Crippen molar-refractivity contribution in [3.63, 3.8) is 0 Å². The first-order valence-corrected chi connectivity index (χ1v) is 9.21. The second-order valence-electron chi connectivity index (χ2n) is 6.45. The van der Waals surface area contributed by atoms with Gasteiger partial charge in [-0.25, -0.2) is 9.59 Å². The van der Waals surface area contributed by atoms with E-state index in [9.17, 15) is 19.2 Å². The van der Waals surface area contributed by atoms with Crippen LogP contribution in [0.25, 0.3) is 0 Å². The van der Waals surface area contributed by atoms with E-state index in [0.717, 1.165) is 0 Å². The Morgan fingerprint density at radius 3 is 1.50 bits per heavy atom. The van der Waals surface area contributed by atoms with E-state index < -0.39 is 11.9 Å². The minimum Gasteiger partial charge on any atom is -0.492 e. The normalized spacial score (nSPS) is 14.1. The van der Waals surface area contributed by atoms with Crippen LogP contribution in [0, 0.1) is 0 Å². The molecule has 0 saturated heterocycles. The molecule has 0 aliphatic carbocycles. The maximum Gasteiger partial charge on any atom is 0.337 e. The predicted octanol–water partition coefficient (Wildman–Crippen LogP) is 2.88. The van der Waals surface area contributed by atoms with Gasteiger partial charge in [-0.1, -0.05) is 0 Å². The van der Waals surface area contributed by atoms with Gasteiger partial charge in [0.25, 0.3) is 0 Å². The van der Waals surface area contributed by atoms with Gasteiger partial charge < -0.3 is 18.9 Å². The molecule has 2 heterocycles. The van der Waals surface area contributed by atoms with E-state index in [-0.39, 0.29) is 11.6 Å². The summed E-state index contributed by atoms with van der Waals surface area (Å²) >= 11 is 0. The molecule has 2 aliphatic heterocycles. The van der Waals surface area contributed by atoms with Crippen LogP contribution in [-0.4, -0.2) is 50.9 Å². The van der Waals surface area contributed by atoms with E-state index in [0.29, 0.717) is 59.8 Å². The first kappa shape index (κ1) is 21.0. The molecular weight excluding hydrogens is 392 g/mol. The van der Waals surface area contributed by atoms with Crippen molar-refractivity contribution in [1.29, 1.82) is 0 Å². The highest BCUT2D eigenvalue weighted by Crippen LogP contribution is 2.27.